The highest BCUT2D eigenvalue weighted by molar-refractivity contribution is 14.1. The molecule has 0 aromatic heterocycles. The SMILES string of the molecule is CC1=NN(c2ccc(I)cc2)C(=O)C1=Cc1ccc(N(C)C)c([N+](=O)[O-])c1. The molecule has 2 aromatic rings. The number of carbonyl (C=O) groups excluding carboxylic acids is 1. The molecule has 138 valence electrons. The van der Waals surface area contributed by atoms with E-state index < -0.39 is 4.92 Å². The van der Waals surface area contributed by atoms with E-state index in [1.165, 1.54) is 11.1 Å². The van der Waals surface area contributed by atoms with Crippen LogP contribution in [0.1, 0.15) is 12.5 Å². The molecule has 2 aromatic carbocycles. The third-order valence-electron chi connectivity index (χ3n) is 4.12. The first-order valence-electron chi connectivity index (χ1n) is 8.11. The summed E-state index contributed by atoms with van der Waals surface area (Å²) in [6, 6.07) is 12.4. The van der Waals surface area contributed by atoms with Crippen LogP contribution >= 0.6 is 22.6 Å². The maximum Gasteiger partial charge on any atom is 0.293 e. The lowest BCUT2D eigenvalue weighted by Gasteiger charge is -2.13. The maximum atomic E-state index is 12.8. The molecule has 1 heterocycles. The van der Waals surface area contributed by atoms with E-state index in [1.54, 1.807) is 44.1 Å². The van der Waals surface area contributed by atoms with E-state index in [0.717, 1.165) is 3.57 Å². The number of hydrogen-bond donors (Lipinski definition) is 0. The second kappa shape index (κ2) is 7.47. The highest BCUT2D eigenvalue weighted by Gasteiger charge is 2.29. The van der Waals surface area contributed by atoms with Crippen molar-refractivity contribution in [3.8, 4) is 0 Å². The van der Waals surface area contributed by atoms with Gasteiger partial charge >= 0.3 is 0 Å². The van der Waals surface area contributed by atoms with E-state index in [4.69, 9.17) is 0 Å². The van der Waals surface area contributed by atoms with Crippen molar-refractivity contribution in [2.75, 3.05) is 24.0 Å². The number of nitrogens with zero attached hydrogens (tertiary/aromatic N) is 4. The van der Waals surface area contributed by atoms with E-state index in [1.807, 2.05) is 24.3 Å². The molecule has 3 rings (SSSR count). The monoisotopic (exact) mass is 476 g/mol. The summed E-state index contributed by atoms with van der Waals surface area (Å²) in [5, 5.41) is 17.1. The Labute approximate surface area is 170 Å². The van der Waals surface area contributed by atoms with Gasteiger partial charge in [-0.1, -0.05) is 6.07 Å². The topological polar surface area (TPSA) is 79.0 Å². The van der Waals surface area contributed by atoms with Gasteiger partial charge in [0.05, 0.1) is 21.9 Å². The van der Waals surface area contributed by atoms with Crippen LogP contribution < -0.4 is 9.91 Å². The summed E-state index contributed by atoms with van der Waals surface area (Å²) in [7, 11) is 3.49. The molecular formula is C19H17IN4O3. The fourth-order valence-electron chi connectivity index (χ4n) is 2.76. The van der Waals surface area contributed by atoms with Crippen LogP contribution in [0, 0.1) is 13.7 Å². The molecule has 0 N–H and O–H groups in total. The highest BCUT2D eigenvalue weighted by Crippen LogP contribution is 2.30. The Morgan fingerprint density at radius 1 is 1.19 bits per heavy atom. The molecule has 0 saturated carbocycles. The second-order valence-corrected chi connectivity index (χ2v) is 7.48. The van der Waals surface area contributed by atoms with Crippen LogP contribution in [0.25, 0.3) is 6.08 Å². The molecule has 1 amide bonds. The Bertz CT molecular complexity index is 981. The number of anilines is 2. The van der Waals surface area contributed by atoms with Gasteiger partial charge in [-0.2, -0.15) is 10.1 Å². The standard InChI is InChI=1S/C19H17IN4O3/c1-12-16(19(25)23(21-12)15-7-5-14(20)6-8-15)10-13-4-9-17(22(2)3)18(11-13)24(26)27/h4-11H,1-3H3. The van der Waals surface area contributed by atoms with Crippen molar-refractivity contribution in [3.63, 3.8) is 0 Å². The Hall–Kier alpha value is -2.75. The molecule has 27 heavy (non-hydrogen) atoms. The zero-order valence-electron chi connectivity index (χ0n) is 15.0. The number of rotatable bonds is 4. The van der Waals surface area contributed by atoms with E-state index in [2.05, 4.69) is 27.7 Å². The Morgan fingerprint density at radius 3 is 2.44 bits per heavy atom. The van der Waals surface area contributed by atoms with Gasteiger partial charge in [0.1, 0.15) is 5.69 Å². The number of nitro groups is 1. The molecule has 8 heteroatoms. The van der Waals surface area contributed by atoms with Crippen LogP contribution in [0.3, 0.4) is 0 Å². The van der Waals surface area contributed by atoms with Crippen LogP contribution in [0.15, 0.2) is 53.1 Å². The molecule has 0 atom stereocenters. The van der Waals surface area contributed by atoms with Gasteiger partial charge in [0, 0.05) is 23.7 Å². The zero-order chi connectivity index (χ0) is 19.7. The lowest BCUT2D eigenvalue weighted by atomic mass is 10.1. The number of halogens is 1. The van der Waals surface area contributed by atoms with Gasteiger partial charge in [0.15, 0.2) is 0 Å². The molecule has 7 nitrogen and oxygen atoms in total. The zero-order valence-corrected chi connectivity index (χ0v) is 17.2. The van der Waals surface area contributed by atoms with Crippen molar-refractivity contribution >= 4 is 57.3 Å². The summed E-state index contributed by atoms with van der Waals surface area (Å²) in [6.07, 6.45) is 1.64. The average molecular weight is 476 g/mol. The summed E-state index contributed by atoms with van der Waals surface area (Å²) in [6.45, 7) is 1.75. The molecule has 1 aliphatic rings. The third-order valence-corrected chi connectivity index (χ3v) is 4.84. The van der Waals surface area contributed by atoms with Gasteiger partial charge in [-0.25, -0.2) is 0 Å². The number of carbonyl (C=O) groups is 1. The smallest absolute Gasteiger partial charge is 0.293 e. The van der Waals surface area contributed by atoms with E-state index >= 15 is 0 Å². The van der Waals surface area contributed by atoms with Gasteiger partial charge in [0.25, 0.3) is 11.6 Å². The van der Waals surface area contributed by atoms with Gasteiger partial charge in [-0.3, -0.25) is 14.9 Å². The summed E-state index contributed by atoms with van der Waals surface area (Å²) in [4.78, 5) is 25.4. The molecule has 0 fully saturated rings. The first-order valence-corrected chi connectivity index (χ1v) is 9.19. The molecule has 0 radical (unpaired) electrons. The first-order chi connectivity index (χ1) is 12.8. The second-order valence-electron chi connectivity index (χ2n) is 6.24. The van der Waals surface area contributed by atoms with Gasteiger partial charge in [-0.15, -0.1) is 0 Å². The molecule has 0 unspecified atom stereocenters. The first kappa shape index (κ1) is 19.0. The third kappa shape index (κ3) is 3.85. The largest absolute Gasteiger partial charge is 0.372 e. The van der Waals surface area contributed by atoms with Crippen LogP contribution in [0.2, 0.25) is 0 Å². The van der Waals surface area contributed by atoms with Crippen LogP contribution in [0.4, 0.5) is 17.1 Å². The number of hydrazone groups is 1. The Morgan fingerprint density at radius 2 is 1.85 bits per heavy atom. The predicted molar refractivity (Wildman–Crippen MR) is 115 cm³/mol. The minimum Gasteiger partial charge on any atom is -0.372 e. The van der Waals surface area contributed by atoms with Crippen LogP contribution in [-0.4, -0.2) is 30.6 Å². The van der Waals surface area contributed by atoms with Gasteiger partial charge in [0.2, 0.25) is 0 Å². The van der Waals surface area contributed by atoms with Crippen LogP contribution in [0.5, 0.6) is 0 Å². The van der Waals surface area contributed by atoms with E-state index in [-0.39, 0.29) is 11.6 Å². The van der Waals surface area contributed by atoms with Gasteiger partial charge in [-0.05, 0) is 71.5 Å². The lowest BCUT2D eigenvalue weighted by molar-refractivity contribution is -0.384. The highest BCUT2D eigenvalue weighted by atomic mass is 127. The maximum absolute atomic E-state index is 12.8. The summed E-state index contributed by atoms with van der Waals surface area (Å²) < 4.78 is 1.06. The predicted octanol–water partition coefficient (Wildman–Crippen LogP) is 4.07. The Balaban J connectivity index is 1.97. The number of benzene rings is 2. The number of nitro benzene ring substituents is 1. The Kier molecular flexibility index (Phi) is 5.26. The quantitative estimate of drug-likeness (QED) is 0.289. The molecule has 0 aliphatic carbocycles. The molecular weight excluding hydrogens is 459 g/mol. The molecule has 0 saturated heterocycles. The van der Waals surface area contributed by atoms with Crippen molar-refractivity contribution in [3.05, 3.63) is 67.3 Å². The number of amides is 1. The number of hydrogen-bond acceptors (Lipinski definition) is 5. The summed E-state index contributed by atoms with van der Waals surface area (Å²) >= 11 is 2.19. The fourth-order valence-corrected chi connectivity index (χ4v) is 3.12. The summed E-state index contributed by atoms with van der Waals surface area (Å²) in [5.74, 6) is -0.256. The minimum atomic E-state index is -0.424. The average Bonchev–Trinajstić information content (AvgIpc) is 2.90. The van der Waals surface area contributed by atoms with Crippen LogP contribution in [-0.2, 0) is 4.79 Å². The normalized spacial score (nSPS) is 15.3. The fraction of sp³-hybridized carbons (Fsp3) is 0.158. The van der Waals surface area contributed by atoms with Crippen molar-refractivity contribution in [2.24, 2.45) is 5.10 Å². The van der Waals surface area contributed by atoms with Crippen molar-refractivity contribution in [1.29, 1.82) is 0 Å². The van der Waals surface area contributed by atoms with Crippen molar-refractivity contribution in [1.82, 2.24) is 0 Å². The van der Waals surface area contributed by atoms with Crippen molar-refractivity contribution < 1.29 is 9.72 Å². The molecule has 0 bridgehead atoms. The summed E-state index contributed by atoms with van der Waals surface area (Å²) in [5.41, 5.74) is 2.74. The lowest BCUT2D eigenvalue weighted by Crippen LogP contribution is -2.21. The molecule has 1 aliphatic heterocycles. The van der Waals surface area contributed by atoms with E-state index in [0.29, 0.717) is 28.2 Å². The minimum absolute atomic E-state index is 0.0103. The van der Waals surface area contributed by atoms with Crippen molar-refractivity contribution in [2.45, 2.75) is 6.92 Å². The van der Waals surface area contributed by atoms with E-state index in [9.17, 15) is 14.9 Å². The molecule has 0 spiro atoms. The van der Waals surface area contributed by atoms with Gasteiger partial charge < -0.3 is 4.90 Å².